The van der Waals surface area contributed by atoms with E-state index in [1.165, 1.54) is 11.1 Å². The summed E-state index contributed by atoms with van der Waals surface area (Å²) < 4.78 is 10.7. The first-order valence-corrected chi connectivity index (χ1v) is 5.55. The predicted molar refractivity (Wildman–Crippen MR) is 64.5 cm³/mol. The molecule has 2 rings (SSSR count). The molecule has 0 heterocycles. The SMILES string of the molecule is COc1ccc2c(c1OC)CC2CN(C)C. The summed E-state index contributed by atoms with van der Waals surface area (Å²) >= 11 is 0. The summed E-state index contributed by atoms with van der Waals surface area (Å²) in [6.07, 6.45) is 1.09. The molecule has 0 fully saturated rings. The first-order valence-electron chi connectivity index (χ1n) is 5.55. The first-order chi connectivity index (χ1) is 7.67. The van der Waals surface area contributed by atoms with Crippen LogP contribution in [0.15, 0.2) is 12.1 Å². The van der Waals surface area contributed by atoms with Crippen molar-refractivity contribution in [2.75, 3.05) is 34.9 Å². The fourth-order valence-corrected chi connectivity index (χ4v) is 2.43. The first kappa shape index (κ1) is 11.3. The Hall–Kier alpha value is -1.22. The summed E-state index contributed by atoms with van der Waals surface area (Å²) in [6.45, 7) is 1.10. The Kier molecular flexibility index (Phi) is 3.06. The Labute approximate surface area is 97.0 Å². The maximum atomic E-state index is 5.41. The summed E-state index contributed by atoms with van der Waals surface area (Å²) in [5, 5.41) is 0. The maximum absolute atomic E-state index is 5.41. The van der Waals surface area contributed by atoms with Gasteiger partial charge >= 0.3 is 0 Å². The number of benzene rings is 1. The number of ether oxygens (including phenoxy) is 2. The van der Waals surface area contributed by atoms with Crippen LogP contribution >= 0.6 is 0 Å². The van der Waals surface area contributed by atoms with Gasteiger partial charge < -0.3 is 14.4 Å². The number of methoxy groups -OCH3 is 2. The largest absolute Gasteiger partial charge is 0.493 e. The highest BCUT2D eigenvalue weighted by atomic mass is 16.5. The molecule has 1 aromatic rings. The van der Waals surface area contributed by atoms with Gasteiger partial charge in [0.25, 0.3) is 0 Å². The minimum absolute atomic E-state index is 0.643. The highest BCUT2D eigenvalue weighted by molar-refractivity contribution is 5.57. The Bertz CT molecular complexity index is 388. The maximum Gasteiger partial charge on any atom is 0.164 e. The van der Waals surface area contributed by atoms with Crippen molar-refractivity contribution in [3.8, 4) is 11.5 Å². The second-order valence-electron chi connectivity index (χ2n) is 4.53. The minimum atomic E-state index is 0.643. The number of nitrogens with zero attached hydrogens (tertiary/aromatic N) is 1. The van der Waals surface area contributed by atoms with Gasteiger partial charge in [-0.1, -0.05) is 6.07 Å². The molecule has 0 aliphatic heterocycles. The van der Waals surface area contributed by atoms with Crippen molar-refractivity contribution in [1.29, 1.82) is 0 Å². The zero-order valence-electron chi connectivity index (χ0n) is 10.4. The van der Waals surface area contributed by atoms with Crippen molar-refractivity contribution in [3.05, 3.63) is 23.3 Å². The van der Waals surface area contributed by atoms with Gasteiger partial charge in [-0.25, -0.2) is 0 Å². The molecule has 0 radical (unpaired) electrons. The van der Waals surface area contributed by atoms with Gasteiger partial charge in [0.2, 0.25) is 0 Å². The van der Waals surface area contributed by atoms with Gasteiger partial charge in [-0.05, 0) is 32.1 Å². The number of rotatable bonds is 4. The Morgan fingerprint density at radius 1 is 1.25 bits per heavy atom. The van der Waals surface area contributed by atoms with E-state index in [4.69, 9.17) is 9.47 Å². The molecule has 0 aromatic heterocycles. The van der Waals surface area contributed by atoms with Crippen molar-refractivity contribution >= 4 is 0 Å². The lowest BCUT2D eigenvalue weighted by Crippen LogP contribution is -2.29. The molecule has 16 heavy (non-hydrogen) atoms. The van der Waals surface area contributed by atoms with Crippen LogP contribution in [0.5, 0.6) is 11.5 Å². The third-order valence-corrected chi connectivity index (χ3v) is 3.16. The molecular formula is C13H19NO2. The van der Waals surface area contributed by atoms with E-state index in [0.717, 1.165) is 24.5 Å². The molecule has 0 saturated heterocycles. The zero-order chi connectivity index (χ0) is 11.7. The van der Waals surface area contributed by atoms with Crippen LogP contribution in [0.3, 0.4) is 0 Å². The molecule has 0 N–H and O–H groups in total. The van der Waals surface area contributed by atoms with Crippen LogP contribution in [-0.2, 0) is 6.42 Å². The highest BCUT2D eigenvalue weighted by Crippen LogP contribution is 2.45. The van der Waals surface area contributed by atoms with E-state index in [-0.39, 0.29) is 0 Å². The normalized spacial score (nSPS) is 17.9. The van der Waals surface area contributed by atoms with Crippen LogP contribution in [0.25, 0.3) is 0 Å². The summed E-state index contributed by atoms with van der Waals surface area (Å²) in [5.41, 5.74) is 2.72. The quantitative estimate of drug-likeness (QED) is 0.775. The minimum Gasteiger partial charge on any atom is -0.493 e. The number of likely N-dealkylation sites (N-methyl/N-ethyl adjacent to an activating group) is 1. The van der Waals surface area contributed by atoms with Gasteiger partial charge in [0.05, 0.1) is 14.2 Å². The average Bonchev–Trinajstić information content (AvgIpc) is 2.24. The van der Waals surface area contributed by atoms with Gasteiger partial charge in [-0.3, -0.25) is 0 Å². The zero-order valence-corrected chi connectivity index (χ0v) is 10.4. The molecule has 0 spiro atoms. The van der Waals surface area contributed by atoms with Gasteiger partial charge in [0.1, 0.15) is 0 Å². The second kappa shape index (κ2) is 4.34. The van der Waals surface area contributed by atoms with Crippen molar-refractivity contribution in [1.82, 2.24) is 4.90 Å². The Morgan fingerprint density at radius 2 is 2.00 bits per heavy atom. The van der Waals surface area contributed by atoms with Crippen molar-refractivity contribution in [2.45, 2.75) is 12.3 Å². The summed E-state index contributed by atoms with van der Waals surface area (Å²) in [7, 11) is 7.61. The second-order valence-corrected chi connectivity index (χ2v) is 4.53. The van der Waals surface area contributed by atoms with E-state index in [1.54, 1.807) is 14.2 Å². The van der Waals surface area contributed by atoms with E-state index >= 15 is 0 Å². The van der Waals surface area contributed by atoms with Crippen molar-refractivity contribution < 1.29 is 9.47 Å². The van der Waals surface area contributed by atoms with Crippen LogP contribution in [0.4, 0.5) is 0 Å². The van der Waals surface area contributed by atoms with Gasteiger partial charge in [-0.2, -0.15) is 0 Å². The van der Waals surface area contributed by atoms with E-state index in [1.807, 2.05) is 6.07 Å². The molecule has 0 bridgehead atoms. The molecule has 0 amide bonds. The molecule has 1 aromatic carbocycles. The third kappa shape index (κ3) is 1.76. The third-order valence-electron chi connectivity index (χ3n) is 3.16. The van der Waals surface area contributed by atoms with E-state index in [9.17, 15) is 0 Å². The van der Waals surface area contributed by atoms with Gasteiger partial charge in [0, 0.05) is 18.0 Å². The average molecular weight is 221 g/mol. The molecule has 0 saturated carbocycles. The van der Waals surface area contributed by atoms with Crippen LogP contribution in [0.2, 0.25) is 0 Å². The standard InChI is InChI=1S/C13H19NO2/c1-14(2)8-9-7-11-10(9)5-6-12(15-3)13(11)16-4/h5-6,9H,7-8H2,1-4H3. The Morgan fingerprint density at radius 3 is 2.56 bits per heavy atom. The van der Waals surface area contributed by atoms with Crippen LogP contribution in [-0.4, -0.2) is 39.8 Å². The Balaban J connectivity index is 2.26. The lowest BCUT2D eigenvalue weighted by Gasteiger charge is -2.34. The summed E-state index contributed by atoms with van der Waals surface area (Å²) in [4.78, 5) is 2.23. The topological polar surface area (TPSA) is 21.7 Å². The van der Waals surface area contributed by atoms with Gasteiger partial charge in [0.15, 0.2) is 11.5 Å². The molecule has 3 heteroatoms. The monoisotopic (exact) mass is 221 g/mol. The molecule has 3 nitrogen and oxygen atoms in total. The van der Waals surface area contributed by atoms with Crippen molar-refractivity contribution in [3.63, 3.8) is 0 Å². The van der Waals surface area contributed by atoms with E-state index in [2.05, 4.69) is 25.1 Å². The van der Waals surface area contributed by atoms with E-state index < -0.39 is 0 Å². The molecule has 1 atom stereocenters. The molecular weight excluding hydrogens is 202 g/mol. The molecule has 1 aliphatic rings. The van der Waals surface area contributed by atoms with Crippen LogP contribution in [0.1, 0.15) is 17.0 Å². The lowest BCUT2D eigenvalue weighted by atomic mass is 9.76. The number of hydrogen-bond acceptors (Lipinski definition) is 3. The smallest absolute Gasteiger partial charge is 0.164 e. The van der Waals surface area contributed by atoms with E-state index in [0.29, 0.717) is 5.92 Å². The lowest BCUT2D eigenvalue weighted by molar-refractivity contribution is 0.328. The summed E-state index contributed by atoms with van der Waals surface area (Å²) in [6, 6.07) is 4.16. The van der Waals surface area contributed by atoms with Crippen LogP contribution in [0, 0.1) is 0 Å². The summed E-state index contributed by atoms with van der Waals surface area (Å²) in [5.74, 6) is 2.39. The molecule has 1 aliphatic carbocycles. The molecule has 1 unspecified atom stereocenters. The fraction of sp³-hybridized carbons (Fsp3) is 0.538. The van der Waals surface area contributed by atoms with Crippen molar-refractivity contribution in [2.24, 2.45) is 0 Å². The van der Waals surface area contributed by atoms with Gasteiger partial charge in [-0.15, -0.1) is 0 Å². The highest BCUT2D eigenvalue weighted by Gasteiger charge is 2.31. The fourth-order valence-electron chi connectivity index (χ4n) is 2.43. The van der Waals surface area contributed by atoms with Crippen LogP contribution < -0.4 is 9.47 Å². The number of hydrogen-bond donors (Lipinski definition) is 0. The predicted octanol–water partition coefficient (Wildman–Crippen LogP) is 1.91. The molecule has 88 valence electrons. The number of fused-ring (bicyclic) bond motifs is 1.